The van der Waals surface area contributed by atoms with Crippen LogP contribution in [0.25, 0.3) is 0 Å². The molecule has 0 aromatic carbocycles. The van der Waals surface area contributed by atoms with Crippen molar-refractivity contribution in [3.05, 3.63) is 0 Å². The predicted molar refractivity (Wildman–Crippen MR) is 81.5 cm³/mol. The van der Waals surface area contributed by atoms with Crippen molar-refractivity contribution in [1.82, 2.24) is 10.6 Å². The monoisotopic (exact) mass is 325 g/mol. The third kappa shape index (κ3) is 3.80. The van der Waals surface area contributed by atoms with E-state index in [-0.39, 0.29) is 23.7 Å². The quantitative estimate of drug-likeness (QED) is 0.400. The van der Waals surface area contributed by atoms with Crippen molar-refractivity contribution in [3.63, 3.8) is 0 Å². The number of rotatable bonds is 7. The highest BCUT2D eigenvalue weighted by Crippen LogP contribution is 2.28. The summed E-state index contributed by atoms with van der Waals surface area (Å²) in [6.07, 6.45) is 2.52. The van der Waals surface area contributed by atoms with E-state index in [9.17, 15) is 19.6 Å². The number of thiocarbonyl (C=S) groups is 1. The van der Waals surface area contributed by atoms with Crippen molar-refractivity contribution < 1.29 is 19.1 Å². The van der Waals surface area contributed by atoms with E-state index in [1.807, 2.05) is 6.92 Å². The van der Waals surface area contributed by atoms with Gasteiger partial charge in [0.15, 0.2) is 16.6 Å². The lowest BCUT2D eigenvalue weighted by atomic mass is 9.78. The van der Waals surface area contributed by atoms with Crippen LogP contribution in [-0.4, -0.2) is 35.4 Å². The highest BCUT2D eigenvalue weighted by atomic mass is 32.1. The first kappa shape index (κ1) is 18.0. The van der Waals surface area contributed by atoms with Crippen LogP contribution < -0.4 is 10.6 Å². The molecule has 1 heterocycles. The van der Waals surface area contributed by atoms with Crippen molar-refractivity contribution in [2.45, 2.75) is 44.6 Å². The molecule has 2 atom stereocenters. The van der Waals surface area contributed by atoms with Gasteiger partial charge in [0, 0.05) is 12.8 Å². The second-order valence-corrected chi connectivity index (χ2v) is 5.55. The summed E-state index contributed by atoms with van der Waals surface area (Å²) in [7, 11) is 1.14. The van der Waals surface area contributed by atoms with E-state index in [0.717, 1.165) is 20.0 Å². The van der Waals surface area contributed by atoms with Crippen LogP contribution in [-0.2, 0) is 19.1 Å². The number of amides is 1. The Kier molecular flexibility index (Phi) is 6.43. The molecular formula is C14H19N3O4S. The predicted octanol–water partition coefficient (Wildman–Crippen LogP) is 0.582. The Morgan fingerprint density at radius 3 is 2.68 bits per heavy atom. The number of hydrogen-bond acceptors (Lipinski definition) is 6. The number of carbonyl (C=O) groups excluding carboxylic acids is 3. The molecule has 0 spiro atoms. The third-order valence-electron chi connectivity index (χ3n) is 3.54. The van der Waals surface area contributed by atoms with Gasteiger partial charge in [-0.25, -0.2) is 4.79 Å². The molecule has 0 bridgehead atoms. The van der Waals surface area contributed by atoms with Crippen molar-refractivity contribution in [2.75, 3.05) is 7.11 Å². The van der Waals surface area contributed by atoms with E-state index in [4.69, 9.17) is 17.0 Å². The van der Waals surface area contributed by atoms with Crippen LogP contribution in [0, 0.1) is 17.2 Å². The molecule has 0 radical (unpaired) electrons. The average Bonchev–Trinajstić information content (AvgIpc) is 2.46. The standard InChI is InChI=1S/C14H19N3O4S/c1-3-4-5-6-9(18)7-14(12(20)21-2)10(8-15)11(19)16-13(22)17-14/h10H,3-7H2,1-2H3,(H2,16,17,19,22)/t10-,14-/m0/s1. The highest BCUT2D eigenvalue weighted by molar-refractivity contribution is 7.80. The van der Waals surface area contributed by atoms with E-state index in [1.165, 1.54) is 0 Å². The topological polar surface area (TPSA) is 108 Å². The molecule has 1 saturated heterocycles. The molecule has 120 valence electrons. The summed E-state index contributed by atoms with van der Waals surface area (Å²) < 4.78 is 4.70. The zero-order valence-electron chi connectivity index (χ0n) is 12.6. The van der Waals surface area contributed by atoms with Crippen molar-refractivity contribution in [2.24, 2.45) is 5.92 Å². The molecule has 0 aromatic rings. The maximum atomic E-state index is 12.2. The summed E-state index contributed by atoms with van der Waals surface area (Å²) in [6.45, 7) is 2.01. The Morgan fingerprint density at radius 2 is 2.14 bits per heavy atom. The fraction of sp³-hybridized carbons (Fsp3) is 0.643. The van der Waals surface area contributed by atoms with Gasteiger partial charge in [0.2, 0.25) is 5.91 Å². The Hall–Kier alpha value is -2.01. The van der Waals surface area contributed by atoms with Gasteiger partial charge in [-0.3, -0.25) is 9.59 Å². The Bertz CT molecular complexity index is 529. The number of carbonyl (C=O) groups is 3. The Balaban J connectivity index is 3.05. The zero-order chi connectivity index (χ0) is 16.8. The van der Waals surface area contributed by atoms with Crippen LogP contribution in [0.1, 0.15) is 39.0 Å². The molecule has 0 aliphatic carbocycles. The molecule has 1 fully saturated rings. The fourth-order valence-electron chi connectivity index (χ4n) is 2.42. The molecule has 1 aliphatic rings. The number of esters is 1. The summed E-state index contributed by atoms with van der Waals surface area (Å²) in [5.74, 6) is -3.16. The molecule has 1 aliphatic heterocycles. The molecule has 0 unspecified atom stereocenters. The largest absolute Gasteiger partial charge is 0.467 e. The van der Waals surface area contributed by atoms with E-state index in [2.05, 4.69) is 10.6 Å². The minimum Gasteiger partial charge on any atom is -0.467 e. The number of ether oxygens (including phenoxy) is 1. The van der Waals surface area contributed by atoms with Gasteiger partial charge >= 0.3 is 5.97 Å². The maximum absolute atomic E-state index is 12.2. The molecule has 1 rings (SSSR count). The molecule has 1 amide bonds. The molecule has 0 aromatic heterocycles. The first-order chi connectivity index (χ1) is 10.4. The summed E-state index contributed by atoms with van der Waals surface area (Å²) in [6, 6.07) is 1.77. The minimum absolute atomic E-state index is 0.0942. The van der Waals surface area contributed by atoms with Crippen molar-refractivity contribution >= 4 is 35.0 Å². The van der Waals surface area contributed by atoms with Gasteiger partial charge in [0.25, 0.3) is 0 Å². The van der Waals surface area contributed by atoms with Gasteiger partial charge < -0.3 is 15.4 Å². The lowest BCUT2D eigenvalue weighted by Gasteiger charge is -2.38. The summed E-state index contributed by atoms with van der Waals surface area (Å²) in [5, 5.41) is 14.0. The van der Waals surface area contributed by atoms with Gasteiger partial charge in [-0.05, 0) is 18.6 Å². The fourth-order valence-corrected chi connectivity index (χ4v) is 2.71. The number of ketones is 1. The number of nitrogens with zero attached hydrogens (tertiary/aromatic N) is 1. The summed E-state index contributed by atoms with van der Waals surface area (Å²) >= 11 is 4.89. The number of Topliss-reactive ketones (excluding diaryl/α,β-unsaturated/α-hetero) is 1. The third-order valence-corrected chi connectivity index (χ3v) is 3.75. The van der Waals surface area contributed by atoms with Crippen molar-refractivity contribution in [3.8, 4) is 6.07 Å². The van der Waals surface area contributed by atoms with E-state index in [0.29, 0.717) is 6.42 Å². The number of hydrogen-bond donors (Lipinski definition) is 2. The SMILES string of the molecule is CCCCCC(=O)C[C@]1(C(=O)OC)NC(=S)NC(=O)[C@@H]1C#N. The molecule has 7 nitrogen and oxygen atoms in total. The first-order valence-corrected chi connectivity index (χ1v) is 7.44. The van der Waals surface area contributed by atoms with Gasteiger partial charge in [0.1, 0.15) is 5.78 Å². The zero-order valence-corrected chi connectivity index (χ0v) is 13.4. The molecule has 0 saturated carbocycles. The van der Waals surface area contributed by atoms with Crippen LogP contribution in [0.4, 0.5) is 0 Å². The number of nitrogens with one attached hydrogen (secondary N) is 2. The van der Waals surface area contributed by atoms with Gasteiger partial charge in [-0.2, -0.15) is 5.26 Å². The Labute approximate surface area is 134 Å². The second-order valence-electron chi connectivity index (χ2n) is 5.14. The lowest BCUT2D eigenvalue weighted by Crippen LogP contribution is -2.70. The highest BCUT2D eigenvalue weighted by Gasteiger charge is 2.55. The molecular weight excluding hydrogens is 306 g/mol. The van der Waals surface area contributed by atoms with Crippen LogP contribution in [0.5, 0.6) is 0 Å². The van der Waals surface area contributed by atoms with Crippen LogP contribution in [0.3, 0.4) is 0 Å². The summed E-state index contributed by atoms with van der Waals surface area (Å²) in [4.78, 5) is 36.3. The second kappa shape index (κ2) is 7.84. The Morgan fingerprint density at radius 1 is 1.45 bits per heavy atom. The van der Waals surface area contributed by atoms with E-state index < -0.39 is 23.3 Å². The average molecular weight is 325 g/mol. The van der Waals surface area contributed by atoms with E-state index >= 15 is 0 Å². The summed E-state index contributed by atoms with van der Waals surface area (Å²) in [5.41, 5.74) is -1.76. The molecule has 2 N–H and O–H groups in total. The number of methoxy groups -OCH3 is 1. The number of unbranched alkanes of at least 4 members (excludes halogenated alkanes) is 2. The first-order valence-electron chi connectivity index (χ1n) is 7.04. The molecule has 8 heteroatoms. The van der Waals surface area contributed by atoms with Gasteiger partial charge in [-0.1, -0.05) is 19.8 Å². The van der Waals surface area contributed by atoms with E-state index in [1.54, 1.807) is 6.07 Å². The van der Waals surface area contributed by atoms with Gasteiger partial charge in [-0.15, -0.1) is 0 Å². The smallest absolute Gasteiger partial charge is 0.333 e. The maximum Gasteiger partial charge on any atom is 0.333 e. The normalized spacial score (nSPS) is 24.0. The van der Waals surface area contributed by atoms with Crippen LogP contribution in [0.2, 0.25) is 0 Å². The number of nitriles is 1. The van der Waals surface area contributed by atoms with Crippen molar-refractivity contribution in [1.29, 1.82) is 5.26 Å². The van der Waals surface area contributed by atoms with Gasteiger partial charge in [0.05, 0.1) is 13.2 Å². The molecule has 22 heavy (non-hydrogen) atoms. The minimum atomic E-state index is -1.76. The van der Waals surface area contributed by atoms with Crippen LogP contribution >= 0.6 is 12.2 Å². The lowest BCUT2D eigenvalue weighted by molar-refractivity contribution is -0.154. The van der Waals surface area contributed by atoms with Crippen LogP contribution in [0.15, 0.2) is 0 Å².